The summed E-state index contributed by atoms with van der Waals surface area (Å²) in [6, 6.07) is 6.94. The normalized spacial score (nSPS) is 11.2. The lowest BCUT2D eigenvalue weighted by Crippen LogP contribution is -2.15. The number of ether oxygens (including phenoxy) is 8. The first-order chi connectivity index (χ1) is 24.3. The van der Waals surface area contributed by atoms with Crippen molar-refractivity contribution < 1.29 is 47.5 Å². The molecule has 0 amide bonds. The lowest BCUT2D eigenvalue weighted by Gasteiger charge is -2.09. The van der Waals surface area contributed by atoms with Crippen molar-refractivity contribution in [3.05, 3.63) is 29.8 Å². The standard InChI is InChI=1S/C39H68O10/c1-2-3-4-5-6-7-8-9-10-11-12-13-14-15-16-17-39(41)49-35-33-47-31-29-45-27-25-43-23-22-42-24-26-44-28-30-46-32-34-48-38-20-18-37(36-40)19-21-38/h18-21,36H,2-17,22-35H2,1H3. The highest BCUT2D eigenvalue weighted by Gasteiger charge is 2.03. The van der Waals surface area contributed by atoms with Gasteiger partial charge in [-0.15, -0.1) is 0 Å². The largest absolute Gasteiger partial charge is 0.491 e. The van der Waals surface area contributed by atoms with Crippen molar-refractivity contribution in [1.29, 1.82) is 0 Å². The van der Waals surface area contributed by atoms with Crippen LogP contribution in [0, 0.1) is 0 Å². The van der Waals surface area contributed by atoms with Crippen molar-refractivity contribution in [2.75, 3.05) is 92.5 Å². The molecule has 0 saturated carbocycles. The van der Waals surface area contributed by atoms with Crippen molar-refractivity contribution in [2.45, 2.75) is 110 Å². The van der Waals surface area contributed by atoms with E-state index in [-0.39, 0.29) is 12.6 Å². The number of benzene rings is 1. The molecule has 10 nitrogen and oxygen atoms in total. The van der Waals surface area contributed by atoms with E-state index in [1.54, 1.807) is 24.3 Å². The Bertz CT molecular complexity index is 836. The average molecular weight is 697 g/mol. The van der Waals surface area contributed by atoms with E-state index in [0.717, 1.165) is 19.1 Å². The first-order valence-corrected chi connectivity index (χ1v) is 19.1. The maximum absolute atomic E-state index is 11.9. The van der Waals surface area contributed by atoms with Crippen molar-refractivity contribution in [1.82, 2.24) is 0 Å². The van der Waals surface area contributed by atoms with Gasteiger partial charge in [0.2, 0.25) is 0 Å². The Labute approximate surface area is 297 Å². The second-order valence-corrected chi connectivity index (χ2v) is 12.1. The minimum Gasteiger partial charge on any atom is -0.491 e. The molecule has 0 bridgehead atoms. The number of rotatable bonds is 39. The summed E-state index contributed by atoms with van der Waals surface area (Å²) >= 11 is 0. The number of carbonyl (C=O) groups excluding carboxylic acids is 2. The smallest absolute Gasteiger partial charge is 0.305 e. The molecule has 1 aromatic rings. The Kier molecular flexibility index (Phi) is 34.1. The highest BCUT2D eigenvalue weighted by molar-refractivity contribution is 5.74. The van der Waals surface area contributed by atoms with Gasteiger partial charge in [-0.1, -0.05) is 96.8 Å². The highest BCUT2D eigenvalue weighted by atomic mass is 16.6. The third kappa shape index (κ3) is 32.9. The van der Waals surface area contributed by atoms with Crippen molar-refractivity contribution in [3.63, 3.8) is 0 Å². The zero-order valence-corrected chi connectivity index (χ0v) is 30.7. The fraction of sp³-hybridized carbons (Fsp3) is 0.795. The number of unbranched alkanes of at least 4 members (excludes halogenated alkanes) is 14. The van der Waals surface area contributed by atoms with Gasteiger partial charge in [0, 0.05) is 12.0 Å². The van der Waals surface area contributed by atoms with E-state index < -0.39 is 0 Å². The Balaban J connectivity index is 1.67. The lowest BCUT2D eigenvalue weighted by atomic mass is 10.0. The fourth-order valence-corrected chi connectivity index (χ4v) is 4.99. The number of hydrogen-bond donors (Lipinski definition) is 0. The molecule has 0 N–H and O–H groups in total. The van der Waals surface area contributed by atoms with E-state index in [9.17, 15) is 9.59 Å². The van der Waals surface area contributed by atoms with Crippen LogP contribution in [0.5, 0.6) is 5.75 Å². The summed E-state index contributed by atoms with van der Waals surface area (Å²) in [7, 11) is 0. The van der Waals surface area contributed by atoms with Crippen LogP contribution in [0.15, 0.2) is 24.3 Å². The summed E-state index contributed by atoms with van der Waals surface area (Å²) in [6.45, 7) is 8.66. The summed E-state index contributed by atoms with van der Waals surface area (Å²) in [4.78, 5) is 22.5. The average Bonchev–Trinajstić information content (AvgIpc) is 3.12. The van der Waals surface area contributed by atoms with Crippen molar-refractivity contribution in [2.24, 2.45) is 0 Å². The van der Waals surface area contributed by atoms with E-state index in [2.05, 4.69) is 6.92 Å². The topological polar surface area (TPSA) is 108 Å². The second kappa shape index (κ2) is 37.2. The highest BCUT2D eigenvalue weighted by Crippen LogP contribution is 2.14. The summed E-state index contributed by atoms with van der Waals surface area (Å²) in [5.74, 6) is 0.573. The van der Waals surface area contributed by atoms with Gasteiger partial charge in [0.15, 0.2) is 0 Å². The van der Waals surface area contributed by atoms with Gasteiger partial charge in [0.1, 0.15) is 25.2 Å². The number of esters is 1. The molecule has 10 heteroatoms. The van der Waals surface area contributed by atoms with Crippen LogP contribution in [-0.2, 0) is 38.0 Å². The van der Waals surface area contributed by atoms with Gasteiger partial charge in [-0.05, 0) is 30.7 Å². The van der Waals surface area contributed by atoms with Crippen LogP contribution in [0.4, 0.5) is 0 Å². The number of hydrogen-bond acceptors (Lipinski definition) is 10. The molecule has 284 valence electrons. The van der Waals surface area contributed by atoms with Gasteiger partial charge in [-0.25, -0.2) is 0 Å². The molecule has 49 heavy (non-hydrogen) atoms. The predicted octanol–water partition coefficient (Wildman–Crippen LogP) is 7.78. The van der Waals surface area contributed by atoms with E-state index in [1.165, 1.54) is 83.5 Å². The molecule has 0 aliphatic rings. The molecule has 0 aromatic heterocycles. The molecule has 1 rings (SSSR count). The molecular formula is C39H68O10. The first-order valence-electron chi connectivity index (χ1n) is 19.1. The SMILES string of the molecule is CCCCCCCCCCCCCCCCCC(=O)OCCOCCOCCOCCOCCOCCOCCOc1ccc(C=O)cc1. The quantitative estimate of drug-likeness (QED) is 0.0385. The van der Waals surface area contributed by atoms with Crippen molar-refractivity contribution >= 4 is 12.3 Å². The number of carbonyl (C=O) groups is 2. The summed E-state index contributed by atoms with van der Waals surface area (Å²) in [5, 5.41) is 0. The molecule has 1 aromatic carbocycles. The first kappa shape index (κ1) is 44.9. The molecule has 0 radical (unpaired) electrons. The lowest BCUT2D eigenvalue weighted by molar-refractivity contribution is -0.145. The van der Waals surface area contributed by atoms with Gasteiger partial charge in [-0.2, -0.15) is 0 Å². The molecule has 0 unspecified atom stereocenters. The van der Waals surface area contributed by atoms with Crippen LogP contribution < -0.4 is 4.74 Å². The van der Waals surface area contributed by atoms with Gasteiger partial charge < -0.3 is 37.9 Å². The number of aldehydes is 1. The van der Waals surface area contributed by atoms with Gasteiger partial charge in [0.25, 0.3) is 0 Å². The van der Waals surface area contributed by atoms with E-state index in [1.807, 2.05) is 0 Å². The van der Waals surface area contributed by atoms with Crippen LogP contribution in [0.3, 0.4) is 0 Å². The Morgan fingerprint density at radius 1 is 0.469 bits per heavy atom. The van der Waals surface area contributed by atoms with Gasteiger partial charge >= 0.3 is 5.97 Å². The van der Waals surface area contributed by atoms with E-state index in [0.29, 0.717) is 104 Å². The molecule has 0 saturated heterocycles. The van der Waals surface area contributed by atoms with E-state index in [4.69, 9.17) is 37.9 Å². The summed E-state index contributed by atoms with van der Waals surface area (Å²) < 4.78 is 43.7. The second-order valence-electron chi connectivity index (χ2n) is 12.1. The van der Waals surface area contributed by atoms with Gasteiger partial charge in [-0.3, -0.25) is 9.59 Å². The zero-order chi connectivity index (χ0) is 35.1. The Morgan fingerprint density at radius 3 is 1.20 bits per heavy atom. The zero-order valence-electron chi connectivity index (χ0n) is 30.7. The van der Waals surface area contributed by atoms with Crippen molar-refractivity contribution in [3.8, 4) is 5.75 Å². The minimum absolute atomic E-state index is 0.132. The molecule has 0 aliphatic heterocycles. The molecule has 0 heterocycles. The Morgan fingerprint density at radius 2 is 0.816 bits per heavy atom. The molecule has 0 fully saturated rings. The van der Waals surface area contributed by atoms with Crippen LogP contribution in [0.25, 0.3) is 0 Å². The maximum atomic E-state index is 11.9. The third-order valence-corrected chi connectivity index (χ3v) is 7.85. The van der Waals surface area contributed by atoms with Gasteiger partial charge in [0.05, 0.1) is 79.3 Å². The fourth-order valence-electron chi connectivity index (χ4n) is 4.99. The molecule has 0 spiro atoms. The minimum atomic E-state index is -0.132. The van der Waals surface area contributed by atoms with Crippen LogP contribution >= 0.6 is 0 Å². The monoisotopic (exact) mass is 696 g/mol. The maximum Gasteiger partial charge on any atom is 0.305 e. The van der Waals surface area contributed by atoms with Crippen LogP contribution in [0.2, 0.25) is 0 Å². The summed E-state index contributed by atoms with van der Waals surface area (Å²) in [6.07, 6.45) is 21.0. The predicted molar refractivity (Wildman–Crippen MR) is 193 cm³/mol. The third-order valence-electron chi connectivity index (χ3n) is 7.85. The van der Waals surface area contributed by atoms with Crippen LogP contribution in [-0.4, -0.2) is 105 Å². The molecular weight excluding hydrogens is 628 g/mol. The molecule has 0 aliphatic carbocycles. The summed E-state index contributed by atoms with van der Waals surface area (Å²) in [5.41, 5.74) is 0.619. The molecule has 0 atom stereocenters. The Hall–Kier alpha value is -2.08. The van der Waals surface area contributed by atoms with E-state index >= 15 is 0 Å². The van der Waals surface area contributed by atoms with Crippen LogP contribution in [0.1, 0.15) is 120 Å².